The number of hydrogen-bond donors (Lipinski definition) is 2. The number of nitrogens with two attached hydrogens (primary N) is 1. The predicted molar refractivity (Wildman–Crippen MR) is 91.8 cm³/mol. The number of sulfonamides is 1. The Hall–Kier alpha value is -2.03. The van der Waals surface area contributed by atoms with Gasteiger partial charge in [0.2, 0.25) is 15.8 Å². The van der Waals surface area contributed by atoms with E-state index in [1.54, 1.807) is 12.1 Å². The lowest BCUT2D eigenvalue weighted by molar-refractivity contribution is 0.0563. The average Bonchev–Trinajstić information content (AvgIpc) is 2.91. The van der Waals surface area contributed by atoms with Crippen LogP contribution in [0.1, 0.15) is 21.9 Å². The molecule has 1 aromatic heterocycles. The summed E-state index contributed by atoms with van der Waals surface area (Å²) in [6.07, 6.45) is 0.514. The van der Waals surface area contributed by atoms with E-state index in [-0.39, 0.29) is 35.4 Å². The summed E-state index contributed by atoms with van der Waals surface area (Å²) >= 11 is 0. The Morgan fingerprint density at radius 1 is 1.29 bits per heavy atom. The van der Waals surface area contributed by atoms with Gasteiger partial charge in [0.1, 0.15) is 10.7 Å². The second-order valence-electron chi connectivity index (χ2n) is 4.91. The molecule has 0 spiro atoms. The van der Waals surface area contributed by atoms with Crippen molar-refractivity contribution < 1.29 is 22.4 Å². The topological polar surface area (TPSA) is 112 Å². The van der Waals surface area contributed by atoms with Crippen LogP contribution < -0.4 is 10.5 Å². The first kappa shape index (κ1) is 20.0. The molecule has 132 valence electrons. The van der Waals surface area contributed by atoms with Crippen molar-refractivity contribution in [1.29, 1.82) is 0 Å². The van der Waals surface area contributed by atoms with Crippen LogP contribution in [-0.2, 0) is 21.2 Å². The monoisotopic (exact) mass is 374 g/mol. The molecule has 24 heavy (non-hydrogen) atoms. The molecule has 1 heterocycles. The van der Waals surface area contributed by atoms with Crippen LogP contribution in [-0.4, -0.2) is 28.0 Å². The zero-order valence-electron chi connectivity index (χ0n) is 13.2. The number of halogens is 1. The van der Waals surface area contributed by atoms with Crippen molar-refractivity contribution in [1.82, 2.24) is 4.72 Å². The molecule has 0 saturated heterocycles. The highest BCUT2D eigenvalue weighted by Crippen LogP contribution is 2.20. The van der Waals surface area contributed by atoms with Crippen LogP contribution in [0, 0.1) is 6.92 Å². The van der Waals surface area contributed by atoms with Crippen molar-refractivity contribution in [3.63, 3.8) is 0 Å². The molecule has 0 aliphatic carbocycles. The summed E-state index contributed by atoms with van der Waals surface area (Å²) in [5.41, 5.74) is 7.21. The van der Waals surface area contributed by atoms with Gasteiger partial charge in [-0.3, -0.25) is 0 Å². The molecule has 0 unspecified atom stereocenters. The molecule has 0 radical (unpaired) electrons. The van der Waals surface area contributed by atoms with Gasteiger partial charge in [0.25, 0.3) is 0 Å². The van der Waals surface area contributed by atoms with E-state index < -0.39 is 16.0 Å². The summed E-state index contributed by atoms with van der Waals surface area (Å²) in [7, 11) is -2.57. The minimum atomic E-state index is -3.77. The second-order valence-corrected chi connectivity index (χ2v) is 6.65. The van der Waals surface area contributed by atoms with Gasteiger partial charge in [0.05, 0.1) is 7.11 Å². The Bertz CT molecular complexity index is 800. The lowest BCUT2D eigenvalue weighted by Gasteiger charge is -2.06. The molecular weight excluding hydrogens is 356 g/mol. The Morgan fingerprint density at radius 2 is 1.92 bits per heavy atom. The van der Waals surface area contributed by atoms with Gasteiger partial charge in [-0.25, -0.2) is 17.9 Å². The van der Waals surface area contributed by atoms with Crippen molar-refractivity contribution in [2.75, 3.05) is 19.4 Å². The van der Waals surface area contributed by atoms with Gasteiger partial charge in [0, 0.05) is 18.3 Å². The number of ether oxygens (including phenoxy) is 1. The number of esters is 1. The van der Waals surface area contributed by atoms with Crippen molar-refractivity contribution in [2.45, 2.75) is 18.2 Å². The summed E-state index contributed by atoms with van der Waals surface area (Å²) < 4.78 is 36.7. The van der Waals surface area contributed by atoms with Gasteiger partial charge < -0.3 is 14.9 Å². The van der Waals surface area contributed by atoms with E-state index >= 15 is 0 Å². The fraction of sp³-hybridized carbons (Fsp3) is 0.267. The number of nitrogens with one attached hydrogen (secondary N) is 1. The van der Waals surface area contributed by atoms with E-state index in [0.717, 1.165) is 11.6 Å². The SMILES string of the molecule is COC(=O)c1cc(S(=O)(=O)NCCc2ccc(N)cc2)c(C)o1.Cl. The van der Waals surface area contributed by atoms with E-state index in [4.69, 9.17) is 10.2 Å². The highest BCUT2D eigenvalue weighted by atomic mass is 35.5. The maximum atomic E-state index is 12.3. The molecule has 2 rings (SSSR count). The normalized spacial score (nSPS) is 10.9. The summed E-state index contributed by atoms with van der Waals surface area (Å²) in [6.45, 7) is 1.69. The van der Waals surface area contributed by atoms with Gasteiger partial charge in [-0.1, -0.05) is 12.1 Å². The average molecular weight is 375 g/mol. The van der Waals surface area contributed by atoms with Crippen molar-refractivity contribution >= 4 is 34.1 Å². The number of furan rings is 1. The zero-order chi connectivity index (χ0) is 17.0. The number of hydrogen-bond acceptors (Lipinski definition) is 6. The summed E-state index contributed by atoms with van der Waals surface area (Å²) in [5, 5.41) is 0. The first-order valence-corrected chi connectivity index (χ1v) is 8.34. The molecule has 7 nitrogen and oxygen atoms in total. The molecular formula is C15H19ClN2O5S. The molecule has 0 saturated carbocycles. The molecule has 0 aliphatic heterocycles. The molecule has 0 bridgehead atoms. The summed E-state index contributed by atoms with van der Waals surface area (Å²) in [5.74, 6) is -0.745. The molecule has 9 heteroatoms. The smallest absolute Gasteiger partial charge is 0.373 e. The quantitative estimate of drug-likeness (QED) is 0.590. The van der Waals surface area contributed by atoms with Crippen LogP contribution in [0.4, 0.5) is 5.69 Å². The van der Waals surface area contributed by atoms with Crippen molar-refractivity contribution in [3.8, 4) is 0 Å². The second kappa shape index (κ2) is 8.18. The van der Waals surface area contributed by atoms with Gasteiger partial charge in [0.15, 0.2) is 0 Å². The predicted octanol–water partition coefficient (Wildman–Crippen LogP) is 1.90. The highest BCUT2D eigenvalue weighted by Gasteiger charge is 2.24. The molecule has 0 amide bonds. The number of anilines is 1. The van der Waals surface area contributed by atoms with E-state index in [1.807, 2.05) is 12.1 Å². The molecule has 2 aromatic rings. The van der Waals surface area contributed by atoms with Crippen LogP contribution in [0.15, 0.2) is 39.6 Å². The van der Waals surface area contributed by atoms with Gasteiger partial charge in [-0.05, 0) is 31.0 Å². The van der Waals surface area contributed by atoms with Crippen molar-refractivity contribution in [2.24, 2.45) is 0 Å². The molecule has 0 fully saturated rings. The Morgan fingerprint density at radius 3 is 2.50 bits per heavy atom. The first-order valence-electron chi connectivity index (χ1n) is 6.86. The Labute approximate surface area is 146 Å². The Kier molecular flexibility index (Phi) is 6.82. The van der Waals surface area contributed by atoms with Gasteiger partial charge in [-0.15, -0.1) is 12.4 Å². The van der Waals surface area contributed by atoms with Crippen molar-refractivity contribution in [3.05, 3.63) is 47.4 Å². The van der Waals surface area contributed by atoms with Crippen LogP contribution in [0.3, 0.4) is 0 Å². The standard InChI is InChI=1S/C15H18N2O5S.ClH/c1-10-14(9-13(22-10)15(18)21-2)23(19,20)17-8-7-11-3-5-12(16)6-4-11;/h3-6,9,17H,7-8,16H2,1-2H3;1H. The van der Waals surface area contributed by atoms with Crippen LogP contribution >= 0.6 is 12.4 Å². The fourth-order valence-electron chi connectivity index (χ4n) is 2.03. The van der Waals surface area contributed by atoms with Gasteiger partial charge in [-0.2, -0.15) is 0 Å². The minimum absolute atomic E-state index is 0. The van der Waals surface area contributed by atoms with E-state index in [0.29, 0.717) is 12.1 Å². The summed E-state index contributed by atoms with van der Waals surface area (Å²) in [6, 6.07) is 8.34. The van der Waals surface area contributed by atoms with E-state index in [1.165, 1.54) is 14.0 Å². The van der Waals surface area contributed by atoms with Crippen LogP contribution in [0.25, 0.3) is 0 Å². The van der Waals surface area contributed by atoms with Crippen LogP contribution in [0.2, 0.25) is 0 Å². The lowest BCUT2D eigenvalue weighted by atomic mass is 10.1. The molecule has 3 N–H and O–H groups in total. The number of nitrogen functional groups attached to an aromatic ring is 1. The zero-order valence-corrected chi connectivity index (χ0v) is 14.9. The third-order valence-electron chi connectivity index (χ3n) is 3.23. The fourth-order valence-corrected chi connectivity index (χ4v) is 3.23. The number of rotatable bonds is 6. The third kappa shape index (κ3) is 4.73. The highest BCUT2D eigenvalue weighted by molar-refractivity contribution is 7.89. The largest absolute Gasteiger partial charge is 0.463 e. The number of carbonyl (C=O) groups is 1. The number of benzene rings is 1. The minimum Gasteiger partial charge on any atom is -0.463 e. The first-order chi connectivity index (χ1) is 10.8. The molecule has 1 aromatic carbocycles. The lowest BCUT2D eigenvalue weighted by Crippen LogP contribution is -2.26. The summed E-state index contributed by atoms with van der Waals surface area (Å²) in [4.78, 5) is 11.3. The molecule has 0 atom stereocenters. The van der Waals surface area contributed by atoms with Crippen LogP contribution in [0.5, 0.6) is 0 Å². The number of aryl methyl sites for hydroxylation is 1. The number of methoxy groups -OCH3 is 1. The number of carbonyl (C=O) groups excluding carboxylic acids is 1. The third-order valence-corrected chi connectivity index (χ3v) is 4.80. The molecule has 0 aliphatic rings. The van der Waals surface area contributed by atoms with E-state index in [9.17, 15) is 13.2 Å². The maximum absolute atomic E-state index is 12.3. The van der Waals surface area contributed by atoms with Gasteiger partial charge >= 0.3 is 5.97 Å². The Balaban J connectivity index is 0.00000288. The maximum Gasteiger partial charge on any atom is 0.373 e. The van der Waals surface area contributed by atoms with E-state index in [2.05, 4.69) is 9.46 Å².